The van der Waals surface area contributed by atoms with Gasteiger partial charge in [-0.3, -0.25) is 9.25 Å². The van der Waals surface area contributed by atoms with Crippen LogP contribution in [0.4, 0.5) is 0 Å². The molecule has 1 aromatic carbocycles. The van der Waals surface area contributed by atoms with Gasteiger partial charge >= 0.3 is 0 Å². The van der Waals surface area contributed by atoms with Crippen LogP contribution in [0, 0.1) is 11.7 Å². The Kier molecular flexibility index (Phi) is 3.22. The maximum atomic E-state index is 5.47. The molecule has 5 heteroatoms. The van der Waals surface area contributed by atoms with Crippen LogP contribution in [0.5, 0.6) is 0 Å². The first kappa shape index (κ1) is 13.1. The number of rotatable bonds is 3. The summed E-state index contributed by atoms with van der Waals surface area (Å²) in [5.41, 5.74) is 5.71. The van der Waals surface area contributed by atoms with E-state index in [-0.39, 0.29) is 0 Å². The summed E-state index contributed by atoms with van der Waals surface area (Å²) >= 11 is 5.47. The van der Waals surface area contributed by atoms with Crippen molar-refractivity contribution in [3.8, 4) is 0 Å². The van der Waals surface area contributed by atoms with E-state index in [4.69, 9.17) is 12.2 Å². The van der Waals surface area contributed by atoms with Gasteiger partial charge < -0.3 is 4.98 Å². The maximum Gasteiger partial charge on any atom is 0.179 e. The number of H-pyrrole nitrogens is 1. The summed E-state index contributed by atoms with van der Waals surface area (Å²) in [7, 11) is 1.97. The molecule has 0 aliphatic carbocycles. The predicted octanol–water partition coefficient (Wildman–Crippen LogP) is 3.35. The van der Waals surface area contributed by atoms with Crippen LogP contribution in [0.15, 0.2) is 24.3 Å². The Balaban J connectivity index is 2.14. The van der Waals surface area contributed by atoms with Crippen LogP contribution < -0.4 is 0 Å². The van der Waals surface area contributed by atoms with Crippen molar-refractivity contribution in [2.24, 2.45) is 7.05 Å². The maximum absolute atomic E-state index is 5.47. The molecule has 104 valence electrons. The number of imidazole rings is 1. The molecule has 1 N–H and O–H groups in total. The van der Waals surface area contributed by atoms with E-state index in [1.165, 1.54) is 11.1 Å². The fourth-order valence-corrected chi connectivity index (χ4v) is 2.92. The van der Waals surface area contributed by atoms with Crippen LogP contribution in [0.3, 0.4) is 0 Å². The third-order valence-electron chi connectivity index (χ3n) is 3.58. The molecule has 4 nitrogen and oxygen atoms in total. The Hall–Kier alpha value is -1.88. The highest BCUT2D eigenvalue weighted by Gasteiger charge is 2.14. The van der Waals surface area contributed by atoms with Crippen molar-refractivity contribution in [2.45, 2.75) is 26.8 Å². The van der Waals surface area contributed by atoms with Crippen molar-refractivity contribution >= 4 is 23.4 Å². The van der Waals surface area contributed by atoms with Crippen LogP contribution >= 0.6 is 12.2 Å². The minimum absolute atomic E-state index is 0.754. The lowest BCUT2D eigenvalue weighted by Gasteiger charge is -2.06. The third-order valence-corrected chi connectivity index (χ3v) is 3.90. The third kappa shape index (κ3) is 2.08. The van der Waals surface area contributed by atoms with E-state index in [0.717, 1.165) is 34.6 Å². The Morgan fingerprint density at radius 1 is 1.35 bits per heavy atom. The van der Waals surface area contributed by atoms with Gasteiger partial charge in [-0.25, -0.2) is 0 Å². The quantitative estimate of drug-likeness (QED) is 0.750. The average Bonchev–Trinajstić information content (AvgIpc) is 2.88. The molecule has 0 unspecified atom stereocenters. The predicted molar refractivity (Wildman–Crippen MR) is 83.5 cm³/mol. The summed E-state index contributed by atoms with van der Waals surface area (Å²) in [5.74, 6) is 0. The first-order valence-electron chi connectivity index (χ1n) is 6.80. The highest BCUT2D eigenvalue weighted by molar-refractivity contribution is 7.71. The van der Waals surface area contributed by atoms with Gasteiger partial charge in [-0.05, 0) is 31.1 Å². The smallest absolute Gasteiger partial charge is 0.179 e. The molecule has 0 spiro atoms. The number of nitrogens with one attached hydrogen (secondary N) is 1. The minimum atomic E-state index is 0.754. The number of benzene rings is 1. The topological polar surface area (TPSA) is 38.5 Å². The van der Waals surface area contributed by atoms with Crippen LogP contribution in [0.2, 0.25) is 0 Å². The largest absolute Gasteiger partial charge is 0.328 e. The van der Waals surface area contributed by atoms with E-state index in [0.29, 0.717) is 0 Å². The number of hydrogen-bond acceptors (Lipinski definition) is 2. The summed E-state index contributed by atoms with van der Waals surface area (Å²) < 4.78 is 4.78. The Morgan fingerprint density at radius 2 is 2.15 bits per heavy atom. The van der Waals surface area contributed by atoms with Gasteiger partial charge in [-0.1, -0.05) is 36.8 Å². The lowest BCUT2D eigenvalue weighted by atomic mass is 10.1. The monoisotopic (exact) mass is 286 g/mol. The fraction of sp³-hybridized carbons (Fsp3) is 0.333. The van der Waals surface area contributed by atoms with E-state index in [2.05, 4.69) is 52.8 Å². The van der Waals surface area contributed by atoms with E-state index < -0.39 is 0 Å². The molecule has 0 saturated carbocycles. The van der Waals surface area contributed by atoms with Crippen LogP contribution in [-0.4, -0.2) is 19.3 Å². The number of nitrogens with zero attached hydrogens (tertiary/aromatic N) is 3. The van der Waals surface area contributed by atoms with Crippen molar-refractivity contribution in [3.05, 3.63) is 45.9 Å². The summed E-state index contributed by atoms with van der Waals surface area (Å²) in [6.45, 7) is 4.98. The second-order valence-electron chi connectivity index (χ2n) is 5.13. The van der Waals surface area contributed by atoms with Gasteiger partial charge in [0.15, 0.2) is 10.4 Å². The fourth-order valence-electron chi connectivity index (χ4n) is 2.66. The minimum Gasteiger partial charge on any atom is -0.328 e. The lowest BCUT2D eigenvalue weighted by molar-refractivity contribution is 0.709. The molecule has 0 aliphatic rings. The molecular formula is C15H18N4S. The molecule has 0 bridgehead atoms. The lowest BCUT2D eigenvalue weighted by Crippen LogP contribution is -2.04. The second kappa shape index (κ2) is 4.90. The standard InChI is InChI=1S/C15H18N4S/c1-4-12-13-14(18(3)17-12)19(15(20)16-13)9-11-7-5-6-10(2)8-11/h5-8H,4,9H2,1-3H3,(H,16,20). The van der Waals surface area contributed by atoms with Crippen molar-refractivity contribution in [3.63, 3.8) is 0 Å². The molecule has 0 saturated heterocycles. The zero-order valence-electron chi connectivity index (χ0n) is 12.0. The highest BCUT2D eigenvalue weighted by atomic mass is 32.1. The Bertz CT molecular complexity index is 822. The number of hydrogen-bond donors (Lipinski definition) is 1. The SMILES string of the molecule is CCc1nn(C)c2c1[nH]c(=S)n2Cc1cccc(C)c1. The molecule has 3 aromatic rings. The van der Waals surface area contributed by atoms with Gasteiger partial charge in [0, 0.05) is 7.05 Å². The average molecular weight is 286 g/mol. The van der Waals surface area contributed by atoms with Crippen molar-refractivity contribution in [1.82, 2.24) is 19.3 Å². The van der Waals surface area contributed by atoms with E-state index in [1.807, 2.05) is 11.7 Å². The molecule has 2 heterocycles. The molecule has 0 aliphatic heterocycles. The molecule has 2 aromatic heterocycles. The van der Waals surface area contributed by atoms with E-state index in [9.17, 15) is 0 Å². The zero-order chi connectivity index (χ0) is 14.3. The van der Waals surface area contributed by atoms with E-state index in [1.54, 1.807) is 0 Å². The normalized spacial score (nSPS) is 11.3. The molecule has 20 heavy (non-hydrogen) atoms. The second-order valence-corrected chi connectivity index (χ2v) is 5.51. The molecule has 0 atom stereocenters. The van der Waals surface area contributed by atoms with Crippen molar-refractivity contribution in [2.75, 3.05) is 0 Å². The summed E-state index contributed by atoms with van der Waals surface area (Å²) in [6, 6.07) is 8.51. The van der Waals surface area contributed by atoms with E-state index >= 15 is 0 Å². The van der Waals surface area contributed by atoms with Crippen molar-refractivity contribution in [1.29, 1.82) is 0 Å². The molecule has 3 rings (SSSR count). The van der Waals surface area contributed by atoms with Gasteiger partial charge in [0.05, 0.1) is 12.2 Å². The van der Waals surface area contributed by atoms with Gasteiger partial charge in [0.25, 0.3) is 0 Å². The van der Waals surface area contributed by atoms with Crippen LogP contribution in [0.25, 0.3) is 11.2 Å². The summed E-state index contributed by atoms with van der Waals surface area (Å²) in [4.78, 5) is 3.30. The van der Waals surface area contributed by atoms with Gasteiger partial charge in [-0.2, -0.15) is 5.10 Å². The summed E-state index contributed by atoms with van der Waals surface area (Å²) in [5, 5.41) is 4.55. The first-order valence-corrected chi connectivity index (χ1v) is 7.21. The first-order chi connectivity index (χ1) is 9.60. The number of aryl methyl sites for hydroxylation is 3. The van der Waals surface area contributed by atoms with Gasteiger partial charge in [0.2, 0.25) is 0 Å². The van der Waals surface area contributed by atoms with Crippen molar-refractivity contribution < 1.29 is 0 Å². The molecular weight excluding hydrogens is 268 g/mol. The molecule has 0 amide bonds. The Morgan fingerprint density at radius 3 is 2.85 bits per heavy atom. The van der Waals surface area contributed by atoms with Gasteiger partial charge in [0.1, 0.15) is 5.52 Å². The van der Waals surface area contributed by atoms with Gasteiger partial charge in [-0.15, -0.1) is 0 Å². The number of aromatic nitrogens is 4. The molecule has 0 radical (unpaired) electrons. The number of fused-ring (bicyclic) bond motifs is 1. The Labute approximate surface area is 123 Å². The van der Waals surface area contributed by atoms with Crippen LogP contribution in [-0.2, 0) is 20.0 Å². The highest BCUT2D eigenvalue weighted by Crippen LogP contribution is 2.19. The number of aromatic amines is 1. The molecule has 0 fully saturated rings. The van der Waals surface area contributed by atoms with Crippen LogP contribution in [0.1, 0.15) is 23.7 Å². The summed E-state index contributed by atoms with van der Waals surface area (Å²) in [6.07, 6.45) is 0.900. The zero-order valence-corrected chi connectivity index (χ0v) is 12.8.